The first-order valence-electron chi connectivity index (χ1n) is 8.69. The molecule has 2 aromatic heterocycles. The molecule has 0 aliphatic carbocycles. The van der Waals surface area contributed by atoms with E-state index in [0.29, 0.717) is 17.6 Å². The van der Waals surface area contributed by atoms with Gasteiger partial charge in [-0.1, -0.05) is 30.3 Å². The molecule has 0 atom stereocenters. The molecule has 0 saturated heterocycles. The largest absolute Gasteiger partial charge is 0.396 e. The number of amides is 1. The van der Waals surface area contributed by atoms with Gasteiger partial charge in [-0.25, -0.2) is 0 Å². The van der Waals surface area contributed by atoms with Crippen molar-refractivity contribution in [2.75, 3.05) is 6.61 Å². The highest BCUT2D eigenvalue weighted by Crippen LogP contribution is 2.19. The Morgan fingerprint density at radius 1 is 1.19 bits per heavy atom. The van der Waals surface area contributed by atoms with Crippen LogP contribution in [0.1, 0.15) is 19.4 Å². The summed E-state index contributed by atoms with van der Waals surface area (Å²) in [5.41, 5.74) is 2.68. The summed E-state index contributed by atoms with van der Waals surface area (Å²) < 4.78 is 3.28. The summed E-state index contributed by atoms with van der Waals surface area (Å²) in [4.78, 5) is 25.4. The molecule has 0 bridgehead atoms. The summed E-state index contributed by atoms with van der Waals surface area (Å²) in [6.45, 7) is 3.75. The lowest BCUT2D eigenvalue weighted by atomic mass is 10.1. The van der Waals surface area contributed by atoms with Gasteiger partial charge in [-0.05, 0) is 37.5 Å². The van der Waals surface area contributed by atoms with Crippen molar-refractivity contribution >= 4 is 11.4 Å². The number of hydrogen-bond acceptors (Lipinski definition) is 3. The summed E-state index contributed by atoms with van der Waals surface area (Å²) in [5, 5.41) is 12.0. The number of hydrogen-bond donors (Lipinski definition) is 2. The second-order valence-electron chi connectivity index (χ2n) is 6.61. The van der Waals surface area contributed by atoms with E-state index in [1.807, 2.05) is 56.6 Å². The van der Waals surface area contributed by atoms with Crippen LogP contribution in [0.2, 0.25) is 0 Å². The van der Waals surface area contributed by atoms with Crippen LogP contribution in [0.4, 0.5) is 0 Å². The van der Waals surface area contributed by atoms with Gasteiger partial charge in [0.15, 0.2) is 0 Å². The summed E-state index contributed by atoms with van der Waals surface area (Å²) in [6, 6.07) is 11.3. The van der Waals surface area contributed by atoms with Crippen LogP contribution >= 0.6 is 0 Å². The van der Waals surface area contributed by atoms with Crippen LogP contribution in [-0.4, -0.2) is 32.6 Å². The number of carbonyl (C=O) groups excluding carboxylic acids is 1. The number of nitrogens with zero attached hydrogens (tertiary/aromatic N) is 2. The molecule has 0 fully saturated rings. The van der Waals surface area contributed by atoms with Crippen molar-refractivity contribution in [1.29, 1.82) is 0 Å². The lowest BCUT2D eigenvalue weighted by Gasteiger charge is -2.15. The van der Waals surface area contributed by atoms with E-state index in [2.05, 4.69) is 5.32 Å². The Labute approximate surface area is 151 Å². The Morgan fingerprint density at radius 2 is 1.92 bits per heavy atom. The third-order valence-electron chi connectivity index (χ3n) is 4.14. The number of carbonyl (C=O) groups is 1. The molecule has 3 aromatic rings. The van der Waals surface area contributed by atoms with E-state index in [1.54, 1.807) is 10.5 Å². The first kappa shape index (κ1) is 17.9. The van der Waals surface area contributed by atoms with Gasteiger partial charge in [-0.2, -0.15) is 0 Å². The zero-order chi connectivity index (χ0) is 18.7. The van der Waals surface area contributed by atoms with E-state index in [4.69, 9.17) is 5.11 Å². The molecule has 0 radical (unpaired) electrons. The monoisotopic (exact) mass is 353 g/mol. The number of benzene rings is 1. The van der Waals surface area contributed by atoms with Crippen molar-refractivity contribution in [1.82, 2.24) is 14.3 Å². The highest BCUT2D eigenvalue weighted by Gasteiger charge is 2.15. The fraction of sp³-hybridized carbons (Fsp3) is 0.300. The van der Waals surface area contributed by atoms with Gasteiger partial charge in [0.2, 0.25) is 5.91 Å². The van der Waals surface area contributed by atoms with Gasteiger partial charge in [0.05, 0.1) is 5.69 Å². The Hall–Kier alpha value is -2.86. The minimum absolute atomic E-state index is 0.00608. The quantitative estimate of drug-likeness (QED) is 0.710. The van der Waals surface area contributed by atoms with Crippen LogP contribution in [0.5, 0.6) is 0 Å². The molecule has 6 heteroatoms. The van der Waals surface area contributed by atoms with Crippen LogP contribution in [0.25, 0.3) is 16.8 Å². The predicted octanol–water partition coefficient (Wildman–Crippen LogP) is 1.83. The standard InChI is InChI=1S/C20H23N3O3/c1-14(2)21-19(25)13-23-18(16-6-4-3-5-7-16)12-22-11-15(8-9-24)10-17(22)20(23)26/h3-7,10-12,14,24H,8-9,13H2,1-2H3,(H,21,25). The maximum absolute atomic E-state index is 13.1. The molecule has 0 unspecified atom stereocenters. The second-order valence-corrected chi connectivity index (χ2v) is 6.61. The van der Waals surface area contributed by atoms with Gasteiger partial charge < -0.3 is 14.8 Å². The van der Waals surface area contributed by atoms with Gasteiger partial charge in [0, 0.05) is 25.0 Å². The molecule has 2 N–H and O–H groups in total. The van der Waals surface area contributed by atoms with E-state index in [-0.39, 0.29) is 30.7 Å². The zero-order valence-electron chi connectivity index (χ0n) is 15.0. The number of nitrogens with one attached hydrogen (secondary N) is 1. The summed E-state index contributed by atoms with van der Waals surface area (Å²) in [5.74, 6) is -0.203. The number of aliphatic hydroxyl groups is 1. The molecular formula is C20H23N3O3. The predicted molar refractivity (Wildman–Crippen MR) is 101 cm³/mol. The second kappa shape index (κ2) is 7.58. The summed E-state index contributed by atoms with van der Waals surface area (Å²) >= 11 is 0. The van der Waals surface area contributed by atoms with Crippen LogP contribution < -0.4 is 10.9 Å². The van der Waals surface area contributed by atoms with E-state index >= 15 is 0 Å². The molecule has 0 aliphatic rings. The number of aliphatic hydroxyl groups excluding tert-OH is 1. The van der Waals surface area contributed by atoms with Crippen molar-refractivity contribution < 1.29 is 9.90 Å². The molecular weight excluding hydrogens is 330 g/mol. The molecule has 3 rings (SSSR count). The van der Waals surface area contributed by atoms with Gasteiger partial charge >= 0.3 is 0 Å². The number of aromatic nitrogens is 2. The molecule has 0 aliphatic heterocycles. The van der Waals surface area contributed by atoms with Crippen molar-refractivity contribution in [2.24, 2.45) is 0 Å². The van der Waals surface area contributed by atoms with Crippen molar-refractivity contribution in [3.63, 3.8) is 0 Å². The van der Waals surface area contributed by atoms with Gasteiger partial charge in [0.1, 0.15) is 12.1 Å². The summed E-state index contributed by atoms with van der Waals surface area (Å²) in [7, 11) is 0. The average Bonchev–Trinajstić information content (AvgIpc) is 3.01. The minimum Gasteiger partial charge on any atom is -0.396 e. The molecule has 6 nitrogen and oxygen atoms in total. The topological polar surface area (TPSA) is 75.7 Å². The van der Waals surface area contributed by atoms with Crippen molar-refractivity contribution in [3.05, 3.63) is 64.7 Å². The first-order chi connectivity index (χ1) is 12.5. The number of rotatable bonds is 6. The zero-order valence-corrected chi connectivity index (χ0v) is 15.0. The smallest absolute Gasteiger partial charge is 0.275 e. The van der Waals surface area contributed by atoms with Crippen molar-refractivity contribution in [2.45, 2.75) is 32.9 Å². The SMILES string of the molecule is CC(C)NC(=O)Cn1c(-c2ccccc2)cn2cc(CCO)cc2c1=O. The number of fused-ring (bicyclic) bond motifs is 1. The van der Waals surface area contributed by atoms with Crippen molar-refractivity contribution in [3.8, 4) is 11.3 Å². The fourth-order valence-electron chi connectivity index (χ4n) is 3.04. The molecule has 1 aromatic carbocycles. The van der Waals surface area contributed by atoms with E-state index in [1.165, 1.54) is 4.57 Å². The summed E-state index contributed by atoms with van der Waals surface area (Å²) in [6.07, 6.45) is 4.18. The Kier molecular flexibility index (Phi) is 5.23. The average molecular weight is 353 g/mol. The maximum Gasteiger partial charge on any atom is 0.275 e. The maximum atomic E-state index is 13.1. The van der Waals surface area contributed by atoms with Gasteiger partial charge in [0.25, 0.3) is 5.56 Å². The van der Waals surface area contributed by atoms with E-state index in [0.717, 1.165) is 11.1 Å². The molecule has 1 amide bonds. The third-order valence-corrected chi connectivity index (χ3v) is 4.14. The lowest BCUT2D eigenvalue weighted by molar-refractivity contribution is -0.122. The molecule has 26 heavy (non-hydrogen) atoms. The van der Waals surface area contributed by atoms with Gasteiger partial charge in [-0.15, -0.1) is 0 Å². The third kappa shape index (κ3) is 3.70. The Bertz CT molecular complexity index is 971. The van der Waals surface area contributed by atoms with Crippen LogP contribution in [0.3, 0.4) is 0 Å². The molecule has 0 spiro atoms. The molecule has 136 valence electrons. The van der Waals surface area contributed by atoms with Gasteiger partial charge in [-0.3, -0.25) is 14.2 Å². The Morgan fingerprint density at radius 3 is 2.58 bits per heavy atom. The highest BCUT2D eigenvalue weighted by atomic mass is 16.3. The van der Waals surface area contributed by atoms with E-state index < -0.39 is 0 Å². The van der Waals surface area contributed by atoms with Crippen LogP contribution in [0, 0.1) is 0 Å². The first-order valence-corrected chi connectivity index (χ1v) is 8.69. The Balaban J connectivity index is 2.16. The van der Waals surface area contributed by atoms with E-state index in [9.17, 15) is 9.59 Å². The normalized spacial score (nSPS) is 11.2. The fourth-order valence-corrected chi connectivity index (χ4v) is 3.04. The highest BCUT2D eigenvalue weighted by molar-refractivity contribution is 5.77. The lowest BCUT2D eigenvalue weighted by Crippen LogP contribution is -2.36. The molecule has 0 saturated carbocycles. The van der Waals surface area contributed by atoms with Crippen LogP contribution in [0.15, 0.2) is 53.6 Å². The molecule has 2 heterocycles. The minimum atomic E-state index is -0.227. The van der Waals surface area contributed by atoms with Crippen LogP contribution in [-0.2, 0) is 17.8 Å².